The molecule has 0 spiro atoms. The van der Waals surface area contributed by atoms with Crippen molar-refractivity contribution in [3.63, 3.8) is 0 Å². The number of methoxy groups -OCH3 is 1. The average molecular weight is 373 g/mol. The van der Waals surface area contributed by atoms with Crippen LogP contribution in [0.1, 0.15) is 22.0 Å². The first kappa shape index (κ1) is 20.4. The van der Waals surface area contributed by atoms with Crippen LogP contribution in [-0.2, 0) is 4.79 Å². The van der Waals surface area contributed by atoms with Crippen LogP contribution in [0.3, 0.4) is 0 Å². The molecule has 0 saturated heterocycles. The molecule has 0 heterocycles. The van der Waals surface area contributed by atoms with Gasteiger partial charge < -0.3 is 20.3 Å². The quantitative estimate of drug-likeness (QED) is 0.742. The summed E-state index contributed by atoms with van der Waals surface area (Å²) in [7, 11) is 5.44. The smallest absolute Gasteiger partial charge is 0.251 e. The Morgan fingerprint density at radius 1 is 1.07 bits per heavy atom. The number of amides is 2. The minimum Gasteiger partial charge on any atom is -0.496 e. The van der Waals surface area contributed by atoms with Gasteiger partial charge in [0.25, 0.3) is 5.91 Å². The summed E-state index contributed by atoms with van der Waals surface area (Å²) in [5, 5.41) is 5.34. The molecular weight excluding hydrogens is 349 g/mol. The third-order valence-electron chi connectivity index (χ3n) is 4.13. The first-order valence-corrected chi connectivity index (χ1v) is 8.52. The molecule has 0 aromatic heterocycles. The first-order chi connectivity index (χ1) is 12.9. The van der Waals surface area contributed by atoms with Crippen LogP contribution in [0.2, 0.25) is 0 Å². The Morgan fingerprint density at radius 2 is 1.74 bits per heavy atom. The van der Waals surface area contributed by atoms with Gasteiger partial charge in [-0.15, -0.1) is 0 Å². The molecule has 0 saturated carbocycles. The highest BCUT2D eigenvalue weighted by molar-refractivity contribution is 5.96. The number of para-hydroxylation sites is 1. The summed E-state index contributed by atoms with van der Waals surface area (Å²) in [4.78, 5) is 26.1. The van der Waals surface area contributed by atoms with Crippen LogP contribution in [0, 0.1) is 5.82 Å². The number of nitrogens with zero attached hydrogens (tertiary/aromatic N) is 1. The maximum atomic E-state index is 12.9. The maximum Gasteiger partial charge on any atom is 0.251 e. The molecule has 27 heavy (non-hydrogen) atoms. The van der Waals surface area contributed by atoms with Crippen LogP contribution in [0.25, 0.3) is 0 Å². The highest BCUT2D eigenvalue weighted by Gasteiger charge is 2.19. The molecule has 0 aliphatic heterocycles. The summed E-state index contributed by atoms with van der Waals surface area (Å²) in [5.41, 5.74) is 1.25. The number of nitrogens with one attached hydrogen (secondary N) is 2. The van der Waals surface area contributed by atoms with E-state index in [0.29, 0.717) is 12.1 Å². The number of carbonyl (C=O) groups is 2. The van der Waals surface area contributed by atoms with Gasteiger partial charge in [0.15, 0.2) is 0 Å². The minimum absolute atomic E-state index is 0.0853. The van der Waals surface area contributed by atoms with E-state index >= 15 is 0 Å². The van der Waals surface area contributed by atoms with Gasteiger partial charge in [0.05, 0.1) is 19.7 Å². The van der Waals surface area contributed by atoms with Crippen LogP contribution >= 0.6 is 0 Å². The predicted molar refractivity (Wildman–Crippen MR) is 101 cm³/mol. The number of halogens is 1. The zero-order valence-electron chi connectivity index (χ0n) is 15.7. The molecule has 0 bridgehead atoms. The summed E-state index contributed by atoms with van der Waals surface area (Å²) < 4.78 is 18.3. The topological polar surface area (TPSA) is 70.7 Å². The van der Waals surface area contributed by atoms with Gasteiger partial charge in [-0.1, -0.05) is 18.2 Å². The summed E-state index contributed by atoms with van der Waals surface area (Å²) in [6.07, 6.45) is 0. The van der Waals surface area contributed by atoms with E-state index in [1.807, 2.05) is 43.3 Å². The SMILES string of the molecule is COc1ccccc1C(CNC(=O)CNC(=O)c1ccc(F)cc1)N(C)C. The van der Waals surface area contributed by atoms with Crippen molar-refractivity contribution in [2.45, 2.75) is 6.04 Å². The molecule has 7 heteroatoms. The Kier molecular flexibility index (Phi) is 7.31. The number of likely N-dealkylation sites (N-methyl/N-ethyl adjacent to an activating group) is 1. The van der Waals surface area contributed by atoms with E-state index in [9.17, 15) is 14.0 Å². The van der Waals surface area contributed by atoms with Crippen molar-refractivity contribution in [2.24, 2.45) is 0 Å². The maximum absolute atomic E-state index is 12.9. The van der Waals surface area contributed by atoms with Crippen molar-refractivity contribution in [1.82, 2.24) is 15.5 Å². The van der Waals surface area contributed by atoms with Crippen LogP contribution < -0.4 is 15.4 Å². The Hall–Kier alpha value is -2.93. The third-order valence-corrected chi connectivity index (χ3v) is 4.13. The summed E-state index contributed by atoms with van der Waals surface area (Å²) in [5.74, 6) is -0.420. The second-order valence-corrected chi connectivity index (χ2v) is 6.22. The van der Waals surface area contributed by atoms with Crippen LogP contribution in [-0.4, -0.2) is 51.0 Å². The van der Waals surface area contributed by atoms with Crippen molar-refractivity contribution in [3.05, 3.63) is 65.5 Å². The molecule has 2 rings (SSSR count). The lowest BCUT2D eigenvalue weighted by molar-refractivity contribution is -0.120. The van der Waals surface area contributed by atoms with Gasteiger partial charge in [-0.2, -0.15) is 0 Å². The van der Waals surface area contributed by atoms with Crippen molar-refractivity contribution >= 4 is 11.8 Å². The summed E-state index contributed by atoms with van der Waals surface area (Å²) in [6, 6.07) is 12.7. The van der Waals surface area contributed by atoms with Crippen molar-refractivity contribution in [1.29, 1.82) is 0 Å². The fraction of sp³-hybridized carbons (Fsp3) is 0.300. The zero-order valence-corrected chi connectivity index (χ0v) is 15.7. The van der Waals surface area contributed by atoms with Gasteiger partial charge in [-0.25, -0.2) is 4.39 Å². The Morgan fingerprint density at radius 3 is 2.37 bits per heavy atom. The van der Waals surface area contributed by atoms with Crippen molar-refractivity contribution in [3.8, 4) is 5.75 Å². The number of rotatable bonds is 8. The van der Waals surface area contributed by atoms with Crippen LogP contribution in [0.15, 0.2) is 48.5 Å². The predicted octanol–water partition coefficient (Wildman–Crippen LogP) is 1.98. The second-order valence-electron chi connectivity index (χ2n) is 6.22. The number of benzene rings is 2. The highest BCUT2D eigenvalue weighted by Crippen LogP contribution is 2.27. The summed E-state index contributed by atoms with van der Waals surface area (Å²) >= 11 is 0. The first-order valence-electron chi connectivity index (χ1n) is 8.52. The van der Waals surface area contributed by atoms with Gasteiger partial charge in [-0.05, 0) is 44.4 Å². The lowest BCUT2D eigenvalue weighted by Gasteiger charge is -2.26. The molecule has 1 atom stereocenters. The standard InChI is InChI=1S/C20H24FN3O3/c1-24(2)17(16-6-4-5-7-18(16)27-3)12-22-19(25)13-23-20(26)14-8-10-15(21)11-9-14/h4-11,17H,12-13H2,1-3H3,(H,22,25)(H,23,26). The van der Waals surface area contributed by atoms with Crippen LogP contribution in [0.5, 0.6) is 5.75 Å². The van der Waals surface area contributed by atoms with Crippen molar-refractivity contribution < 1.29 is 18.7 Å². The van der Waals surface area contributed by atoms with Gasteiger partial charge in [0.2, 0.25) is 5.91 Å². The van der Waals surface area contributed by atoms with E-state index in [-0.39, 0.29) is 18.5 Å². The van der Waals surface area contributed by atoms with E-state index in [2.05, 4.69) is 10.6 Å². The average Bonchev–Trinajstić information content (AvgIpc) is 2.67. The van der Waals surface area contributed by atoms with Crippen LogP contribution in [0.4, 0.5) is 4.39 Å². The Balaban J connectivity index is 1.90. The largest absolute Gasteiger partial charge is 0.496 e. The number of hydrogen-bond donors (Lipinski definition) is 2. The van der Waals surface area contributed by atoms with Gasteiger partial charge >= 0.3 is 0 Å². The normalized spacial score (nSPS) is 11.7. The molecule has 144 valence electrons. The molecular formula is C20H24FN3O3. The molecule has 0 radical (unpaired) electrons. The van der Waals surface area contributed by atoms with E-state index in [1.54, 1.807) is 7.11 Å². The molecule has 0 fully saturated rings. The van der Waals surface area contributed by atoms with E-state index in [0.717, 1.165) is 11.3 Å². The molecule has 6 nitrogen and oxygen atoms in total. The second kappa shape index (κ2) is 9.68. The minimum atomic E-state index is -0.431. The van der Waals surface area contributed by atoms with Crippen molar-refractivity contribution in [2.75, 3.05) is 34.3 Å². The Labute approximate surface area is 158 Å². The number of ether oxygens (including phenoxy) is 1. The van der Waals surface area contributed by atoms with Gasteiger partial charge in [0, 0.05) is 17.7 Å². The third kappa shape index (κ3) is 5.79. The van der Waals surface area contributed by atoms with E-state index in [1.165, 1.54) is 24.3 Å². The highest BCUT2D eigenvalue weighted by atomic mass is 19.1. The van der Waals surface area contributed by atoms with E-state index < -0.39 is 11.7 Å². The number of carbonyl (C=O) groups excluding carboxylic acids is 2. The molecule has 2 aromatic carbocycles. The molecule has 2 amide bonds. The molecule has 0 aliphatic carbocycles. The molecule has 2 aromatic rings. The monoisotopic (exact) mass is 373 g/mol. The lowest BCUT2D eigenvalue weighted by Crippen LogP contribution is -2.40. The lowest BCUT2D eigenvalue weighted by atomic mass is 10.0. The fourth-order valence-electron chi connectivity index (χ4n) is 2.65. The summed E-state index contributed by atoms with van der Waals surface area (Å²) in [6.45, 7) is 0.195. The number of hydrogen-bond acceptors (Lipinski definition) is 4. The zero-order chi connectivity index (χ0) is 19.8. The molecule has 0 aliphatic rings. The van der Waals surface area contributed by atoms with Gasteiger partial charge in [0.1, 0.15) is 11.6 Å². The molecule has 2 N–H and O–H groups in total. The Bertz CT molecular complexity index is 778. The van der Waals surface area contributed by atoms with E-state index in [4.69, 9.17) is 4.74 Å². The fourth-order valence-corrected chi connectivity index (χ4v) is 2.65. The molecule has 1 unspecified atom stereocenters. The van der Waals surface area contributed by atoms with Gasteiger partial charge in [-0.3, -0.25) is 9.59 Å².